The average molecular weight is 338 g/mol. The first-order valence-electron chi connectivity index (χ1n) is 7.83. The van der Waals surface area contributed by atoms with E-state index in [2.05, 4.69) is 33.4 Å². The molecule has 0 aliphatic carbocycles. The van der Waals surface area contributed by atoms with Gasteiger partial charge in [-0.25, -0.2) is 17.9 Å². The van der Waals surface area contributed by atoms with Crippen molar-refractivity contribution in [2.45, 2.75) is 43.7 Å². The van der Waals surface area contributed by atoms with E-state index < -0.39 is 10.0 Å². The molecule has 0 unspecified atom stereocenters. The molecule has 1 aliphatic rings. The summed E-state index contributed by atoms with van der Waals surface area (Å²) in [6.45, 7) is 6.10. The van der Waals surface area contributed by atoms with Gasteiger partial charge in [0.15, 0.2) is 0 Å². The molecule has 8 heteroatoms. The van der Waals surface area contributed by atoms with Crippen LogP contribution >= 0.6 is 0 Å². The number of aromatic amines is 2. The van der Waals surface area contributed by atoms with Crippen LogP contribution in [0.2, 0.25) is 0 Å². The van der Waals surface area contributed by atoms with Gasteiger partial charge in [0.25, 0.3) is 0 Å². The van der Waals surface area contributed by atoms with E-state index in [1.165, 1.54) is 12.1 Å². The number of nitrogens with zero attached hydrogens (tertiary/aromatic N) is 1. The normalized spacial score (nSPS) is 18.0. The van der Waals surface area contributed by atoms with Crippen LogP contribution in [0, 0.1) is 0 Å². The van der Waals surface area contributed by atoms with Crippen molar-refractivity contribution in [2.24, 2.45) is 0 Å². The lowest BCUT2D eigenvalue weighted by molar-refractivity contribution is 0.168. The van der Waals surface area contributed by atoms with Gasteiger partial charge in [0, 0.05) is 12.1 Å². The Kier molecular flexibility index (Phi) is 4.31. The first kappa shape index (κ1) is 16.2. The molecule has 1 saturated heterocycles. The number of likely N-dealkylation sites (tertiary alicyclic amines) is 1. The number of imidazole rings is 1. The fourth-order valence-electron chi connectivity index (χ4n) is 3.00. The molecular weight excluding hydrogens is 316 g/mol. The van der Waals surface area contributed by atoms with Crippen LogP contribution in [0.3, 0.4) is 0 Å². The third kappa shape index (κ3) is 3.49. The second-order valence-corrected chi connectivity index (χ2v) is 8.03. The van der Waals surface area contributed by atoms with E-state index in [4.69, 9.17) is 0 Å². The highest BCUT2D eigenvalue weighted by atomic mass is 32.2. The monoisotopic (exact) mass is 338 g/mol. The Balaban J connectivity index is 1.74. The highest BCUT2D eigenvalue weighted by Gasteiger charge is 2.25. The van der Waals surface area contributed by atoms with Crippen molar-refractivity contribution in [3.8, 4) is 0 Å². The van der Waals surface area contributed by atoms with Crippen molar-refractivity contribution < 1.29 is 8.42 Å². The van der Waals surface area contributed by atoms with Gasteiger partial charge in [-0.15, -0.1) is 0 Å². The molecule has 1 aromatic heterocycles. The predicted molar refractivity (Wildman–Crippen MR) is 89.0 cm³/mol. The summed E-state index contributed by atoms with van der Waals surface area (Å²) in [6.07, 6.45) is 1.61. The molecule has 3 N–H and O–H groups in total. The molecule has 0 radical (unpaired) electrons. The average Bonchev–Trinajstić information content (AvgIpc) is 2.86. The van der Waals surface area contributed by atoms with Crippen LogP contribution in [-0.4, -0.2) is 48.5 Å². The van der Waals surface area contributed by atoms with Crippen LogP contribution in [0.4, 0.5) is 0 Å². The first-order valence-corrected chi connectivity index (χ1v) is 9.32. The van der Waals surface area contributed by atoms with Gasteiger partial charge in [0.1, 0.15) is 0 Å². The van der Waals surface area contributed by atoms with E-state index in [1.54, 1.807) is 6.07 Å². The predicted octanol–water partition coefficient (Wildman–Crippen LogP) is 1.01. The number of benzene rings is 1. The molecular formula is C15H22N4O3S. The Hall–Kier alpha value is -1.64. The Labute approximate surface area is 135 Å². The van der Waals surface area contributed by atoms with Crippen LogP contribution in [0.25, 0.3) is 11.0 Å². The standard InChI is InChI=1S/C15H22N4O3S/c1-10(2)19-7-5-11(6-8-19)18-23(21,22)12-3-4-13-14(9-12)17-15(20)16-13/h3-4,9-11,18H,5-8H2,1-2H3,(H2,16,17,20). The summed E-state index contributed by atoms with van der Waals surface area (Å²) in [5, 5.41) is 0. The lowest BCUT2D eigenvalue weighted by atomic mass is 10.1. The number of hydrogen-bond acceptors (Lipinski definition) is 4. The molecule has 0 bridgehead atoms. The summed E-state index contributed by atoms with van der Waals surface area (Å²) in [4.78, 5) is 19.0. The molecule has 0 spiro atoms. The summed E-state index contributed by atoms with van der Waals surface area (Å²) in [6, 6.07) is 5.04. The molecule has 0 amide bonds. The quantitative estimate of drug-likeness (QED) is 0.775. The third-order valence-corrected chi connectivity index (χ3v) is 5.90. The molecule has 0 atom stereocenters. The minimum Gasteiger partial charge on any atom is -0.306 e. The number of rotatable bonds is 4. The number of nitrogens with one attached hydrogen (secondary N) is 3. The van der Waals surface area contributed by atoms with Gasteiger partial charge in [-0.3, -0.25) is 0 Å². The fourth-order valence-corrected chi connectivity index (χ4v) is 4.33. The van der Waals surface area contributed by atoms with Crippen molar-refractivity contribution >= 4 is 21.1 Å². The summed E-state index contributed by atoms with van der Waals surface area (Å²) >= 11 is 0. The van der Waals surface area contributed by atoms with Gasteiger partial charge in [-0.2, -0.15) is 0 Å². The number of hydrogen-bond donors (Lipinski definition) is 3. The molecule has 7 nitrogen and oxygen atoms in total. The molecule has 1 aromatic carbocycles. The maximum absolute atomic E-state index is 12.5. The van der Waals surface area contributed by atoms with Crippen molar-refractivity contribution in [1.29, 1.82) is 0 Å². The minimum atomic E-state index is -3.58. The summed E-state index contributed by atoms with van der Waals surface area (Å²) in [5.41, 5.74) is 0.746. The first-order chi connectivity index (χ1) is 10.8. The number of H-pyrrole nitrogens is 2. The number of aromatic nitrogens is 2. The Bertz CT molecular complexity index is 845. The summed E-state index contributed by atoms with van der Waals surface area (Å²) < 4.78 is 27.9. The van der Waals surface area contributed by atoms with Crippen LogP contribution in [0.5, 0.6) is 0 Å². The third-order valence-electron chi connectivity index (χ3n) is 4.38. The smallest absolute Gasteiger partial charge is 0.306 e. The maximum atomic E-state index is 12.5. The van der Waals surface area contributed by atoms with E-state index in [0.29, 0.717) is 17.1 Å². The number of fused-ring (bicyclic) bond motifs is 1. The van der Waals surface area contributed by atoms with Crippen molar-refractivity contribution in [1.82, 2.24) is 19.6 Å². The van der Waals surface area contributed by atoms with Gasteiger partial charge >= 0.3 is 5.69 Å². The Morgan fingerprint density at radius 3 is 2.48 bits per heavy atom. The van der Waals surface area contributed by atoms with E-state index >= 15 is 0 Å². The van der Waals surface area contributed by atoms with Crippen LogP contribution in [-0.2, 0) is 10.0 Å². The van der Waals surface area contributed by atoms with Crippen LogP contribution in [0.1, 0.15) is 26.7 Å². The summed E-state index contributed by atoms with van der Waals surface area (Å²) in [5.74, 6) is 0. The Morgan fingerprint density at radius 1 is 1.17 bits per heavy atom. The van der Waals surface area contributed by atoms with E-state index in [1.807, 2.05) is 0 Å². The molecule has 0 saturated carbocycles. The maximum Gasteiger partial charge on any atom is 0.323 e. The topological polar surface area (TPSA) is 98.1 Å². The molecule has 3 rings (SSSR count). The Morgan fingerprint density at radius 2 is 1.83 bits per heavy atom. The van der Waals surface area contributed by atoms with Gasteiger partial charge < -0.3 is 14.9 Å². The molecule has 2 heterocycles. The van der Waals surface area contributed by atoms with Crippen molar-refractivity contribution in [3.05, 3.63) is 28.7 Å². The lowest BCUT2D eigenvalue weighted by Gasteiger charge is -2.34. The van der Waals surface area contributed by atoms with Crippen molar-refractivity contribution in [2.75, 3.05) is 13.1 Å². The number of sulfonamides is 1. The molecule has 1 aliphatic heterocycles. The largest absolute Gasteiger partial charge is 0.323 e. The molecule has 126 valence electrons. The fraction of sp³-hybridized carbons (Fsp3) is 0.533. The SMILES string of the molecule is CC(C)N1CCC(NS(=O)(=O)c2ccc3[nH]c(=O)[nH]c3c2)CC1. The zero-order chi connectivity index (χ0) is 16.6. The second kappa shape index (κ2) is 6.10. The minimum absolute atomic E-state index is 0.0454. The van der Waals surface area contributed by atoms with Gasteiger partial charge in [0.2, 0.25) is 10.0 Å². The zero-order valence-electron chi connectivity index (χ0n) is 13.3. The highest BCUT2D eigenvalue weighted by molar-refractivity contribution is 7.89. The van der Waals surface area contributed by atoms with Gasteiger partial charge in [-0.05, 0) is 58.0 Å². The molecule has 1 fully saturated rings. The van der Waals surface area contributed by atoms with E-state index in [9.17, 15) is 13.2 Å². The molecule has 2 aromatic rings. The van der Waals surface area contributed by atoms with E-state index in [-0.39, 0.29) is 16.6 Å². The number of piperidine rings is 1. The highest BCUT2D eigenvalue weighted by Crippen LogP contribution is 2.18. The van der Waals surface area contributed by atoms with Crippen LogP contribution in [0.15, 0.2) is 27.9 Å². The van der Waals surface area contributed by atoms with Gasteiger partial charge in [-0.1, -0.05) is 0 Å². The van der Waals surface area contributed by atoms with E-state index in [0.717, 1.165) is 25.9 Å². The molecule has 23 heavy (non-hydrogen) atoms. The summed E-state index contributed by atoms with van der Waals surface area (Å²) in [7, 11) is -3.58. The zero-order valence-corrected chi connectivity index (χ0v) is 14.1. The second-order valence-electron chi connectivity index (χ2n) is 6.31. The van der Waals surface area contributed by atoms with Crippen molar-refractivity contribution in [3.63, 3.8) is 0 Å². The lowest BCUT2D eigenvalue weighted by Crippen LogP contribution is -2.46. The van der Waals surface area contributed by atoms with Crippen LogP contribution < -0.4 is 10.4 Å². The van der Waals surface area contributed by atoms with Gasteiger partial charge in [0.05, 0.1) is 15.9 Å².